The van der Waals surface area contributed by atoms with Crippen molar-refractivity contribution in [1.29, 1.82) is 0 Å². The van der Waals surface area contributed by atoms with Crippen molar-refractivity contribution in [3.05, 3.63) is 71.8 Å². The standard InChI is InChI=1S/C13H10O.C4H10/c14-13(11-7-3-1-4-8-11)12-9-5-2-6-10-12;1-4(2)3/h1-10H;4H,1-3H3. The van der Waals surface area contributed by atoms with Crippen LogP contribution in [0.2, 0.25) is 0 Å². The van der Waals surface area contributed by atoms with Crippen LogP contribution >= 0.6 is 0 Å². The predicted octanol–water partition coefficient (Wildman–Crippen LogP) is 4.58. The maximum Gasteiger partial charge on any atom is 0.193 e. The lowest BCUT2D eigenvalue weighted by atomic mass is 10.0. The Morgan fingerprint density at radius 1 is 0.722 bits per heavy atom. The highest BCUT2D eigenvalue weighted by Crippen LogP contribution is 2.08. The lowest BCUT2D eigenvalue weighted by Crippen LogP contribution is -1.99. The van der Waals surface area contributed by atoms with E-state index in [1.54, 1.807) is 0 Å². The van der Waals surface area contributed by atoms with Crippen LogP contribution in [-0.2, 0) is 0 Å². The molecule has 0 spiro atoms. The Hall–Kier alpha value is -1.89. The average molecular weight is 240 g/mol. The van der Waals surface area contributed by atoms with Crippen molar-refractivity contribution in [1.82, 2.24) is 0 Å². The molecule has 1 heteroatoms. The zero-order valence-electron chi connectivity index (χ0n) is 11.3. The van der Waals surface area contributed by atoms with Crippen molar-refractivity contribution in [2.45, 2.75) is 20.8 Å². The monoisotopic (exact) mass is 240 g/mol. The number of hydrogen-bond acceptors (Lipinski definition) is 1. The molecule has 0 bridgehead atoms. The van der Waals surface area contributed by atoms with Gasteiger partial charge in [0, 0.05) is 11.1 Å². The second-order valence-electron chi connectivity index (χ2n) is 4.79. The van der Waals surface area contributed by atoms with E-state index in [2.05, 4.69) is 20.8 Å². The van der Waals surface area contributed by atoms with Crippen LogP contribution in [0, 0.1) is 5.92 Å². The molecule has 2 aromatic rings. The Balaban J connectivity index is 0.000000357. The van der Waals surface area contributed by atoms with Crippen molar-refractivity contribution in [2.75, 3.05) is 0 Å². The molecule has 2 rings (SSSR count). The van der Waals surface area contributed by atoms with Crippen LogP contribution in [0.3, 0.4) is 0 Å². The van der Waals surface area contributed by atoms with Crippen molar-refractivity contribution < 1.29 is 4.79 Å². The van der Waals surface area contributed by atoms with E-state index in [4.69, 9.17) is 0 Å². The first-order valence-corrected chi connectivity index (χ1v) is 6.26. The van der Waals surface area contributed by atoms with Crippen LogP contribution in [-0.4, -0.2) is 5.78 Å². The third kappa shape index (κ3) is 4.96. The van der Waals surface area contributed by atoms with Crippen LogP contribution in [0.1, 0.15) is 36.7 Å². The topological polar surface area (TPSA) is 17.1 Å². The summed E-state index contributed by atoms with van der Waals surface area (Å²) >= 11 is 0. The third-order valence-corrected chi connectivity index (χ3v) is 2.07. The molecular formula is C17H20O. The van der Waals surface area contributed by atoms with Gasteiger partial charge < -0.3 is 0 Å². The Kier molecular flexibility index (Phi) is 5.86. The quantitative estimate of drug-likeness (QED) is 0.702. The molecule has 0 saturated carbocycles. The van der Waals surface area contributed by atoms with Gasteiger partial charge in [-0.1, -0.05) is 81.4 Å². The SMILES string of the molecule is CC(C)C.O=C(c1ccccc1)c1ccccc1. The summed E-state index contributed by atoms with van der Waals surface area (Å²) in [5.41, 5.74) is 1.47. The summed E-state index contributed by atoms with van der Waals surface area (Å²) in [4.78, 5) is 11.8. The van der Waals surface area contributed by atoms with E-state index in [-0.39, 0.29) is 5.78 Å². The molecular weight excluding hydrogens is 220 g/mol. The predicted molar refractivity (Wildman–Crippen MR) is 76.8 cm³/mol. The number of benzene rings is 2. The zero-order chi connectivity index (χ0) is 13.4. The van der Waals surface area contributed by atoms with Gasteiger partial charge in [-0.3, -0.25) is 4.79 Å². The number of rotatable bonds is 2. The van der Waals surface area contributed by atoms with E-state index in [0.717, 1.165) is 17.0 Å². The fraction of sp³-hybridized carbons (Fsp3) is 0.235. The molecule has 0 atom stereocenters. The summed E-state index contributed by atoms with van der Waals surface area (Å²) in [7, 11) is 0. The Bertz CT molecular complexity index is 413. The molecule has 0 unspecified atom stereocenters. The van der Waals surface area contributed by atoms with Gasteiger partial charge in [0.2, 0.25) is 0 Å². The average Bonchev–Trinajstić information content (AvgIpc) is 2.39. The summed E-state index contributed by atoms with van der Waals surface area (Å²) < 4.78 is 0. The van der Waals surface area contributed by atoms with Gasteiger partial charge in [-0.05, 0) is 5.92 Å². The van der Waals surface area contributed by atoms with Gasteiger partial charge in [-0.25, -0.2) is 0 Å². The van der Waals surface area contributed by atoms with Crippen LogP contribution in [0.25, 0.3) is 0 Å². The molecule has 0 aliphatic heterocycles. The highest BCUT2D eigenvalue weighted by Gasteiger charge is 2.06. The minimum Gasteiger partial charge on any atom is -0.289 e. The van der Waals surface area contributed by atoms with E-state index in [9.17, 15) is 4.79 Å². The van der Waals surface area contributed by atoms with Crippen molar-refractivity contribution >= 4 is 5.78 Å². The first kappa shape index (κ1) is 14.2. The number of carbonyl (C=O) groups excluding carboxylic acids is 1. The summed E-state index contributed by atoms with van der Waals surface area (Å²) in [5, 5.41) is 0. The first-order valence-electron chi connectivity index (χ1n) is 6.26. The molecule has 0 aromatic heterocycles. The maximum absolute atomic E-state index is 11.8. The number of ketones is 1. The fourth-order valence-electron chi connectivity index (χ4n) is 1.35. The number of carbonyl (C=O) groups is 1. The maximum atomic E-state index is 11.8. The van der Waals surface area contributed by atoms with E-state index < -0.39 is 0 Å². The number of hydrogen-bond donors (Lipinski definition) is 0. The molecule has 0 fully saturated rings. The molecule has 18 heavy (non-hydrogen) atoms. The smallest absolute Gasteiger partial charge is 0.193 e. The molecule has 0 N–H and O–H groups in total. The highest BCUT2D eigenvalue weighted by atomic mass is 16.1. The molecule has 0 amide bonds. The van der Waals surface area contributed by atoms with E-state index in [1.165, 1.54) is 0 Å². The fourth-order valence-corrected chi connectivity index (χ4v) is 1.35. The summed E-state index contributed by atoms with van der Waals surface area (Å²) in [6.45, 7) is 6.50. The van der Waals surface area contributed by atoms with E-state index >= 15 is 0 Å². The Labute approximate surface area is 109 Å². The molecule has 0 heterocycles. The van der Waals surface area contributed by atoms with Gasteiger partial charge in [0.05, 0.1) is 0 Å². The first-order chi connectivity index (χ1) is 8.61. The van der Waals surface area contributed by atoms with Crippen LogP contribution < -0.4 is 0 Å². The minimum atomic E-state index is 0.0752. The van der Waals surface area contributed by atoms with Gasteiger partial charge in [0.15, 0.2) is 5.78 Å². The minimum absolute atomic E-state index is 0.0752. The van der Waals surface area contributed by atoms with Crippen LogP contribution in [0.4, 0.5) is 0 Å². The van der Waals surface area contributed by atoms with E-state index in [1.807, 2.05) is 60.7 Å². The largest absolute Gasteiger partial charge is 0.289 e. The zero-order valence-corrected chi connectivity index (χ0v) is 11.3. The molecule has 0 radical (unpaired) electrons. The molecule has 0 saturated heterocycles. The Morgan fingerprint density at radius 2 is 1.00 bits per heavy atom. The second kappa shape index (κ2) is 7.44. The molecule has 0 aliphatic carbocycles. The molecule has 2 aromatic carbocycles. The van der Waals surface area contributed by atoms with E-state index in [0.29, 0.717) is 0 Å². The lowest BCUT2D eigenvalue weighted by Gasteiger charge is -1.99. The van der Waals surface area contributed by atoms with Gasteiger partial charge in [0.1, 0.15) is 0 Å². The summed E-state index contributed by atoms with van der Waals surface area (Å²) in [6, 6.07) is 18.6. The van der Waals surface area contributed by atoms with Crippen LogP contribution in [0.5, 0.6) is 0 Å². The van der Waals surface area contributed by atoms with Gasteiger partial charge in [-0.2, -0.15) is 0 Å². The third-order valence-electron chi connectivity index (χ3n) is 2.07. The lowest BCUT2D eigenvalue weighted by molar-refractivity contribution is 0.103. The van der Waals surface area contributed by atoms with Crippen molar-refractivity contribution in [3.8, 4) is 0 Å². The molecule has 0 aliphatic rings. The normalized spacial score (nSPS) is 9.56. The Morgan fingerprint density at radius 3 is 1.28 bits per heavy atom. The van der Waals surface area contributed by atoms with Crippen molar-refractivity contribution in [2.24, 2.45) is 5.92 Å². The van der Waals surface area contributed by atoms with Crippen LogP contribution in [0.15, 0.2) is 60.7 Å². The van der Waals surface area contributed by atoms with Gasteiger partial charge >= 0.3 is 0 Å². The van der Waals surface area contributed by atoms with Gasteiger partial charge in [-0.15, -0.1) is 0 Å². The van der Waals surface area contributed by atoms with Crippen molar-refractivity contribution in [3.63, 3.8) is 0 Å². The summed E-state index contributed by atoms with van der Waals surface area (Å²) in [5.74, 6) is 0.909. The second-order valence-corrected chi connectivity index (χ2v) is 4.79. The summed E-state index contributed by atoms with van der Waals surface area (Å²) in [6.07, 6.45) is 0. The molecule has 1 nitrogen and oxygen atoms in total. The highest BCUT2D eigenvalue weighted by molar-refractivity contribution is 6.08. The molecule has 94 valence electrons. The van der Waals surface area contributed by atoms with Gasteiger partial charge in [0.25, 0.3) is 0 Å².